The minimum absolute atomic E-state index is 0.306. The largest absolute Gasteiger partial charge is 0.451 e. The molecule has 0 N–H and O–H groups in total. The molecule has 2 aromatic rings. The molecule has 0 bridgehead atoms. The highest BCUT2D eigenvalue weighted by molar-refractivity contribution is 5.71. The Hall–Kier alpha value is -2.29. The summed E-state index contributed by atoms with van der Waals surface area (Å²) >= 11 is 0. The van der Waals surface area contributed by atoms with E-state index in [0.29, 0.717) is 19.3 Å². The van der Waals surface area contributed by atoms with E-state index in [1.807, 2.05) is 68.4 Å². The summed E-state index contributed by atoms with van der Waals surface area (Å²) in [5, 5.41) is 0. The molecule has 0 unspecified atom stereocenters. The van der Waals surface area contributed by atoms with E-state index in [0.717, 1.165) is 11.3 Å². The van der Waals surface area contributed by atoms with Crippen LogP contribution >= 0.6 is 0 Å². The number of aryl methyl sites for hydroxylation is 1. The molecule has 3 heteroatoms. The number of aliphatic imine (C=N–C) groups is 1. The highest BCUT2D eigenvalue weighted by Gasteiger charge is 2.03. The van der Waals surface area contributed by atoms with Gasteiger partial charge in [0.05, 0.1) is 12.3 Å². The third-order valence-electron chi connectivity index (χ3n) is 2.73. The van der Waals surface area contributed by atoms with Crippen molar-refractivity contribution in [2.45, 2.75) is 20.5 Å². The first kappa shape index (κ1) is 14.1. The number of benzene rings is 2. The van der Waals surface area contributed by atoms with Gasteiger partial charge in [-0.25, -0.2) is 0 Å². The van der Waals surface area contributed by atoms with Gasteiger partial charge in [0.1, 0.15) is 6.61 Å². The summed E-state index contributed by atoms with van der Waals surface area (Å²) in [5.41, 5.74) is 3.11. The van der Waals surface area contributed by atoms with Crippen LogP contribution in [0.25, 0.3) is 0 Å². The fourth-order valence-electron chi connectivity index (χ4n) is 1.67. The van der Waals surface area contributed by atoms with Crippen molar-refractivity contribution in [2.24, 2.45) is 4.99 Å². The van der Waals surface area contributed by atoms with Gasteiger partial charge >= 0.3 is 6.08 Å². The number of hydrogen-bond acceptors (Lipinski definition) is 3. The maximum Gasteiger partial charge on any atom is 0.389 e. The minimum Gasteiger partial charge on any atom is -0.451 e. The fraction of sp³-hybridized carbons (Fsp3) is 0.235. The van der Waals surface area contributed by atoms with Crippen LogP contribution in [0.5, 0.6) is 0 Å². The van der Waals surface area contributed by atoms with Crippen LogP contribution in [-0.2, 0) is 16.1 Å². The first-order valence-corrected chi connectivity index (χ1v) is 6.73. The Morgan fingerprint density at radius 1 is 0.950 bits per heavy atom. The third-order valence-corrected chi connectivity index (χ3v) is 2.73. The van der Waals surface area contributed by atoms with Crippen molar-refractivity contribution >= 4 is 11.8 Å². The summed E-state index contributed by atoms with van der Waals surface area (Å²) in [6, 6.07) is 17.9. The second kappa shape index (κ2) is 7.34. The zero-order valence-electron chi connectivity index (χ0n) is 11.9. The van der Waals surface area contributed by atoms with Gasteiger partial charge in [-0.05, 0) is 31.5 Å². The molecule has 20 heavy (non-hydrogen) atoms. The lowest BCUT2D eigenvalue weighted by Gasteiger charge is -2.09. The zero-order chi connectivity index (χ0) is 14.2. The second-order valence-electron chi connectivity index (χ2n) is 4.42. The maximum atomic E-state index is 5.63. The van der Waals surface area contributed by atoms with Crippen LogP contribution in [0.1, 0.15) is 18.1 Å². The van der Waals surface area contributed by atoms with Crippen LogP contribution in [0.3, 0.4) is 0 Å². The molecule has 0 saturated carbocycles. The molecule has 0 saturated heterocycles. The van der Waals surface area contributed by atoms with E-state index in [2.05, 4.69) is 4.99 Å². The topological polar surface area (TPSA) is 30.8 Å². The molecule has 0 aliphatic heterocycles. The average Bonchev–Trinajstić information content (AvgIpc) is 2.48. The van der Waals surface area contributed by atoms with E-state index >= 15 is 0 Å². The van der Waals surface area contributed by atoms with Gasteiger partial charge in [-0.3, -0.25) is 0 Å². The number of nitrogens with zero attached hydrogens (tertiary/aromatic N) is 1. The van der Waals surface area contributed by atoms with Crippen molar-refractivity contribution in [3.63, 3.8) is 0 Å². The Morgan fingerprint density at radius 2 is 1.65 bits per heavy atom. The third kappa shape index (κ3) is 4.43. The summed E-state index contributed by atoms with van der Waals surface area (Å²) in [6.45, 7) is 4.93. The molecule has 0 aliphatic carbocycles. The van der Waals surface area contributed by atoms with Crippen LogP contribution in [0.4, 0.5) is 5.69 Å². The van der Waals surface area contributed by atoms with Gasteiger partial charge in [0, 0.05) is 0 Å². The lowest BCUT2D eigenvalue weighted by molar-refractivity contribution is 0.165. The highest BCUT2D eigenvalue weighted by atomic mass is 16.7. The van der Waals surface area contributed by atoms with E-state index in [4.69, 9.17) is 9.47 Å². The van der Waals surface area contributed by atoms with Gasteiger partial charge in [0.15, 0.2) is 0 Å². The smallest absolute Gasteiger partial charge is 0.389 e. The lowest BCUT2D eigenvalue weighted by Crippen LogP contribution is -2.09. The van der Waals surface area contributed by atoms with Gasteiger partial charge in [-0.15, -0.1) is 0 Å². The highest BCUT2D eigenvalue weighted by Crippen LogP contribution is 2.14. The summed E-state index contributed by atoms with van der Waals surface area (Å²) < 4.78 is 11.1. The maximum absolute atomic E-state index is 5.63. The predicted octanol–water partition coefficient (Wildman–Crippen LogP) is 4.24. The average molecular weight is 269 g/mol. The summed E-state index contributed by atoms with van der Waals surface area (Å²) in [5.74, 6) is 0. The molecule has 3 nitrogen and oxygen atoms in total. The zero-order valence-corrected chi connectivity index (χ0v) is 11.9. The van der Waals surface area contributed by atoms with Crippen LogP contribution < -0.4 is 0 Å². The molecular weight excluding hydrogens is 250 g/mol. The molecule has 0 amide bonds. The molecule has 0 spiro atoms. The second-order valence-corrected chi connectivity index (χ2v) is 4.42. The van der Waals surface area contributed by atoms with Crippen LogP contribution in [-0.4, -0.2) is 12.7 Å². The quantitative estimate of drug-likeness (QED) is 0.614. The SMILES string of the molecule is CCOC(=Nc1ccc(C)cc1)OCc1ccccc1. The Balaban J connectivity index is 2.04. The summed E-state index contributed by atoms with van der Waals surface area (Å²) in [4.78, 5) is 4.38. The number of ether oxygens (including phenoxy) is 2. The Bertz CT molecular complexity index is 547. The van der Waals surface area contributed by atoms with E-state index in [9.17, 15) is 0 Å². The van der Waals surface area contributed by atoms with Crippen LogP contribution in [0.2, 0.25) is 0 Å². The van der Waals surface area contributed by atoms with E-state index in [1.54, 1.807) is 0 Å². The number of rotatable bonds is 4. The van der Waals surface area contributed by atoms with E-state index < -0.39 is 0 Å². The van der Waals surface area contributed by atoms with Crippen molar-refractivity contribution in [1.82, 2.24) is 0 Å². The Labute approximate surface area is 119 Å². The first-order chi connectivity index (χ1) is 9.78. The standard InChI is InChI=1S/C17H19NO2/c1-3-19-17(18-16-11-9-14(2)10-12-16)20-13-15-7-5-4-6-8-15/h4-12H,3,13H2,1-2H3. The molecule has 0 aliphatic rings. The van der Waals surface area contributed by atoms with Crippen molar-refractivity contribution in [1.29, 1.82) is 0 Å². The molecule has 0 heterocycles. The van der Waals surface area contributed by atoms with Crippen molar-refractivity contribution in [3.8, 4) is 0 Å². The number of hydrogen-bond donors (Lipinski definition) is 0. The molecule has 0 fully saturated rings. The predicted molar refractivity (Wildman–Crippen MR) is 81.1 cm³/mol. The molecule has 2 rings (SSSR count). The molecule has 104 valence electrons. The van der Waals surface area contributed by atoms with Gasteiger partial charge in [0.2, 0.25) is 0 Å². The summed E-state index contributed by atoms with van der Waals surface area (Å²) in [7, 11) is 0. The molecule has 0 radical (unpaired) electrons. The van der Waals surface area contributed by atoms with Crippen molar-refractivity contribution in [3.05, 3.63) is 65.7 Å². The monoisotopic (exact) mass is 269 g/mol. The Kier molecular flexibility index (Phi) is 5.18. The molecule has 0 aromatic heterocycles. The van der Waals surface area contributed by atoms with E-state index in [-0.39, 0.29) is 0 Å². The first-order valence-electron chi connectivity index (χ1n) is 6.73. The molecule has 2 aromatic carbocycles. The van der Waals surface area contributed by atoms with Gasteiger partial charge < -0.3 is 9.47 Å². The van der Waals surface area contributed by atoms with Crippen molar-refractivity contribution < 1.29 is 9.47 Å². The summed E-state index contributed by atoms with van der Waals surface area (Å²) in [6.07, 6.45) is 0.306. The fourth-order valence-corrected chi connectivity index (χ4v) is 1.67. The van der Waals surface area contributed by atoms with Crippen LogP contribution in [0.15, 0.2) is 59.6 Å². The van der Waals surface area contributed by atoms with Crippen molar-refractivity contribution in [2.75, 3.05) is 6.61 Å². The van der Waals surface area contributed by atoms with Gasteiger partial charge in [-0.2, -0.15) is 4.99 Å². The lowest BCUT2D eigenvalue weighted by atomic mass is 10.2. The van der Waals surface area contributed by atoms with Crippen LogP contribution in [0, 0.1) is 6.92 Å². The van der Waals surface area contributed by atoms with Gasteiger partial charge in [-0.1, -0.05) is 48.0 Å². The minimum atomic E-state index is 0.306. The van der Waals surface area contributed by atoms with Gasteiger partial charge in [0.25, 0.3) is 0 Å². The molecule has 0 atom stereocenters. The normalized spacial score (nSPS) is 11.2. The van der Waals surface area contributed by atoms with E-state index in [1.165, 1.54) is 5.56 Å². The Morgan fingerprint density at radius 3 is 2.30 bits per heavy atom. The molecular formula is C17H19NO2.